The summed E-state index contributed by atoms with van der Waals surface area (Å²) < 4.78 is 47.1. The molecular weight excluding hydrogens is 825 g/mol. The fourth-order valence-corrected chi connectivity index (χ4v) is 14.6. The molecule has 0 aliphatic carbocycles. The van der Waals surface area contributed by atoms with Gasteiger partial charge in [0.25, 0.3) is 8.32 Å². The van der Waals surface area contributed by atoms with E-state index in [9.17, 15) is 15.1 Å². The number of amides is 1. The Morgan fingerprint density at radius 3 is 1.67 bits per heavy atom. The van der Waals surface area contributed by atoms with Crippen LogP contribution in [0.5, 0.6) is 0 Å². The Kier molecular flexibility index (Phi) is 14.9. The van der Waals surface area contributed by atoms with E-state index in [1.165, 1.54) is 19.3 Å². The molecule has 338 valence electrons. The van der Waals surface area contributed by atoms with E-state index in [1.807, 2.05) is 36.4 Å². The van der Waals surface area contributed by atoms with Gasteiger partial charge in [-0.15, -0.1) is 0 Å². The van der Waals surface area contributed by atoms with Crippen molar-refractivity contribution in [3.05, 3.63) is 83.3 Å². The Morgan fingerprint density at radius 1 is 0.787 bits per heavy atom. The molecule has 2 heterocycles. The maximum atomic E-state index is 13.6. The van der Waals surface area contributed by atoms with Crippen molar-refractivity contribution in [2.24, 2.45) is 5.11 Å². The largest absolute Gasteiger partial charge is 0.467 e. The summed E-state index contributed by atoms with van der Waals surface area (Å²) in [7, 11) is -7.25. The Labute approximate surface area is 367 Å². The normalized spacial score (nSPS) is 25.4. The van der Waals surface area contributed by atoms with Crippen LogP contribution in [0.1, 0.15) is 83.1 Å². The fraction of sp³-hybridized carbons (Fsp3) is 0.644. The molecule has 1 N–H and O–H groups in total. The first-order chi connectivity index (χ1) is 27.9. The number of rotatable bonds is 12. The van der Waals surface area contributed by atoms with Crippen molar-refractivity contribution in [2.75, 3.05) is 20.3 Å². The number of hydrogen-bond acceptors (Lipinski definition) is 10. The number of ether oxygens (including phenoxy) is 4. The second-order valence-electron chi connectivity index (χ2n) is 21.4. The minimum Gasteiger partial charge on any atom is -0.467 e. The lowest BCUT2D eigenvalue weighted by atomic mass is 9.86. The van der Waals surface area contributed by atoms with E-state index in [1.54, 1.807) is 20.8 Å². The molecule has 1 fully saturated rings. The molecule has 2 aliphatic rings. The van der Waals surface area contributed by atoms with Gasteiger partial charge in [0.15, 0.2) is 28.0 Å². The van der Waals surface area contributed by atoms with Gasteiger partial charge >= 0.3 is 12.1 Å². The predicted octanol–water partition coefficient (Wildman–Crippen LogP) is 9.14. The number of carbonyl (C=O) groups is 2. The Balaban J connectivity index is 2.02. The molecule has 0 radical (unpaired) electrons. The highest BCUT2D eigenvalue weighted by Gasteiger charge is 2.62. The standard InChI is InChI=1S/C45H72N4O9Si3/c1-40(2,3)56-39(51)47-44(38(50)52-13)28-29-45(53-31-44)37(48-49-46)36(58-60(16,17)42(7,8)9)35(57-59(14,15)41(4,5)6)34(55-45)30-54-61(43(10,11)12,32-24-20-18-21-25-32)33-26-22-19-23-27-33/h18-29,34-37H,30-31H2,1-17H3,(H,47,51)/t34-,35+,36+,37-,44+,45+/m1/s1. The molecule has 1 saturated heterocycles. The van der Waals surface area contributed by atoms with Crippen LogP contribution >= 0.6 is 0 Å². The lowest BCUT2D eigenvalue weighted by Crippen LogP contribution is -2.73. The highest BCUT2D eigenvalue weighted by molar-refractivity contribution is 6.99. The molecule has 4 rings (SSSR count). The maximum Gasteiger partial charge on any atom is 0.408 e. The van der Waals surface area contributed by atoms with Crippen LogP contribution in [-0.4, -0.2) is 98.6 Å². The first-order valence-electron chi connectivity index (χ1n) is 21.2. The van der Waals surface area contributed by atoms with Gasteiger partial charge in [0, 0.05) is 4.91 Å². The molecule has 16 heteroatoms. The molecule has 0 aromatic heterocycles. The Bertz CT molecular complexity index is 1880. The zero-order valence-corrected chi connectivity index (χ0v) is 42.7. The second-order valence-corrected chi connectivity index (χ2v) is 35.2. The quantitative estimate of drug-likeness (QED) is 0.0548. The minimum atomic E-state index is -3.15. The van der Waals surface area contributed by atoms with Crippen molar-refractivity contribution in [3.63, 3.8) is 0 Å². The van der Waals surface area contributed by atoms with Gasteiger partial charge in [0.1, 0.15) is 17.7 Å². The topological polar surface area (TPSA) is 160 Å². The molecule has 1 spiro atoms. The highest BCUT2D eigenvalue weighted by atomic mass is 28.4. The summed E-state index contributed by atoms with van der Waals surface area (Å²) in [5, 5.41) is 8.40. The minimum absolute atomic E-state index is 0.0458. The Hall–Kier alpha value is -3.32. The molecule has 61 heavy (non-hydrogen) atoms. The average Bonchev–Trinajstić information content (AvgIpc) is 3.14. The van der Waals surface area contributed by atoms with Crippen molar-refractivity contribution in [3.8, 4) is 0 Å². The smallest absolute Gasteiger partial charge is 0.408 e. The Morgan fingerprint density at radius 2 is 1.28 bits per heavy atom. The van der Waals surface area contributed by atoms with Crippen molar-refractivity contribution >= 4 is 47.4 Å². The molecule has 0 unspecified atom stereocenters. The van der Waals surface area contributed by atoms with E-state index in [-0.39, 0.29) is 21.7 Å². The number of nitrogens with zero attached hydrogens (tertiary/aromatic N) is 3. The van der Waals surface area contributed by atoms with Gasteiger partial charge in [0.05, 0.1) is 32.5 Å². The van der Waals surface area contributed by atoms with E-state index < -0.39 is 84.9 Å². The SMILES string of the molecule is COC(=O)[C@]1(NC(=O)OC(C)(C)C)C=C[C@]2(OC1)O[C@H](CO[Si](c1ccccc1)(c1ccccc1)C(C)(C)C)[C@H](O[Si](C)(C)C(C)(C)C)[C@H](O[Si](C)(C)C(C)(C)C)[C@H]2N=[N+]=[N-]. The van der Waals surface area contributed by atoms with Crippen LogP contribution in [0.15, 0.2) is 77.9 Å². The van der Waals surface area contributed by atoms with Crippen LogP contribution in [0.25, 0.3) is 10.4 Å². The molecule has 2 aliphatic heterocycles. The van der Waals surface area contributed by atoms with Crippen LogP contribution < -0.4 is 15.7 Å². The molecule has 0 bridgehead atoms. The third-order valence-electron chi connectivity index (χ3n) is 12.7. The first kappa shape index (κ1) is 50.3. The molecule has 0 saturated carbocycles. The summed E-state index contributed by atoms with van der Waals surface area (Å²) in [5.74, 6) is -2.60. The zero-order valence-electron chi connectivity index (χ0n) is 39.7. The molecule has 2 aromatic rings. The van der Waals surface area contributed by atoms with Gasteiger partial charge in [-0.1, -0.05) is 128 Å². The third-order valence-corrected chi connectivity index (χ3v) is 26.6. The monoisotopic (exact) mass is 896 g/mol. The predicted molar refractivity (Wildman–Crippen MR) is 247 cm³/mol. The van der Waals surface area contributed by atoms with Gasteiger partial charge < -0.3 is 32.2 Å². The van der Waals surface area contributed by atoms with Crippen LogP contribution in [-0.2, 0) is 37.0 Å². The number of hydrogen-bond donors (Lipinski definition) is 1. The summed E-state index contributed by atoms with van der Waals surface area (Å²) in [6, 6.07) is 19.6. The van der Waals surface area contributed by atoms with Crippen molar-refractivity contribution in [2.45, 2.75) is 166 Å². The number of esters is 1. The van der Waals surface area contributed by atoms with Gasteiger partial charge in [0.2, 0.25) is 0 Å². The van der Waals surface area contributed by atoms with E-state index in [2.05, 4.69) is 128 Å². The summed E-state index contributed by atoms with van der Waals surface area (Å²) in [4.78, 5) is 30.1. The molecule has 13 nitrogen and oxygen atoms in total. The lowest BCUT2D eigenvalue weighted by Gasteiger charge is -2.56. The first-order valence-corrected chi connectivity index (χ1v) is 28.9. The van der Waals surface area contributed by atoms with Crippen LogP contribution in [0.3, 0.4) is 0 Å². The molecule has 1 amide bonds. The number of carbonyl (C=O) groups excluding carboxylic acids is 2. The average molecular weight is 897 g/mol. The molecule has 2 aromatic carbocycles. The number of alkyl carbamates (subject to hydrolysis) is 1. The highest BCUT2D eigenvalue weighted by Crippen LogP contribution is 2.48. The van der Waals surface area contributed by atoms with Gasteiger partial charge in [-0.05, 0) is 90.1 Å². The lowest BCUT2D eigenvalue weighted by molar-refractivity contribution is -0.309. The second kappa shape index (κ2) is 18.0. The van der Waals surface area contributed by atoms with Crippen LogP contribution in [0.4, 0.5) is 4.79 Å². The zero-order chi connectivity index (χ0) is 46.1. The molecular formula is C45H72N4O9Si3. The fourth-order valence-electron chi connectivity index (χ4n) is 7.36. The summed E-state index contributed by atoms with van der Waals surface area (Å²) in [6.07, 6.45) is -0.392. The van der Waals surface area contributed by atoms with Crippen molar-refractivity contribution in [1.82, 2.24) is 5.32 Å². The summed E-state index contributed by atoms with van der Waals surface area (Å²) >= 11 is 0. The van der Waals surface area contributed by atoms with Crippen molar-refractivity contribution < 1.29 is 41.8 Å². The van der Waals surface area contributed by atoms with Crippen molar-refractivity contribution in [1.29, 1.82) is 0 Å². The van der Waals surface area contributed by atoms with E-state index in [4.69, 9.17) is 32.2 Å². The van der Waals surface area contributed by atoms with Gasteiger partial charge in [-0.3, -0.25) is 5.32 Å². The number of methoxy groups -OCH3 is 1. The van der Waals surface area contributed by atoms with Crippen LogP contribution in [0.2, 0.25) is 41.3 Å². The number of azide groups is 1. The number of nitrogens with one attached hydrogen (secondary N) is 1. The van der Waals surface area contributed by atoms with Gasteiger partial charge in [-0.25, -0.2) is 9.59 Å². The third kappa shape index (κ3) is 10.7. The van der Waals surface area contributed by atoms with E-state index in [0.717, 1.165) is 10.4 Å². The van der Waals surface area contributed by atoms with E-state index >= 15 is 0 Å². The summed E-state index contributed by atoms with van der Waals surface area (Å²) in [6.45, 7) is 33.0. The summed E-state index contributed by atoms with van der Waals surface area (Å²) in [5.41, 5.74) is 7.65. The van der Waals surface area contributed by atoms with Crippen LogP contribution in [0, 0.1) is 0 Å². The molecule has 6 atom stereocenters. The number of benzene rings is 2. The van der Waals surface area contributed by atoms with E-state index in [0.29, 0.717) is 0 Å². The van der Waals surface area contributed by atoms with Gasteiger partial charge in [-0.2, -0.15) is 0 Å². The maximum absolute atomic E-state index is 13.6.